The predicted octanol–water partition coefficient (Wildman–Crippen LogP) is 4.02. The lowest BCUT2D eigenvalue weighted by molar-refractivity contribution is 0.586. The Balaban J connectivity index is 2.15. The number of halogens is 2. The Morgan fingerprint density at radius 3 is 2.57 bits per heavy atom. The molecule has 0 unspecified atom stereocenters. The molecule has 21 heavy (non-hydrogen) atoms. The summed E-state index contributed by atoms with van der Waals surface area (Å²) in [5.41, 5.74) is 0.175. The third kappa shape index (κ3) is 4.37. The van der Waals surface area contributed by atoms with E-state index in [4.69, 9.17) is 0 Å². The molecule has 4 nitrogen and oxygen atoms in total. The summed E-state index contributed by atoms with van der Waals surface area (Å²) in [6.45, 7) is 4.69. The zero-order chi connectivity index (χ0) is 15.2. The van der Waals surface area contributed by atoms with Crippen LogP contribution in [-0.2, 0) is 0 Å². The van der Waals surface area contributed by atoms with Crippen molar-refractivity contribution in [2.75, 3.05) is 17.2 Å². The van der Waals surface area contributed by atoms with E-state index in [1.54, 1.807) is 13.0 Å². The van der Waals surface area contributed by atoms with Crippen LogP contribution < -0.4 is 10.6 Å². The molecule has 0 saturated carbocycles. The van der Waals surface area contributed by atoms with Gasteiger partial charge in [-0.2, -0.15) is 0 Å². The third-order valence-corrected chi connectivity index (χ3v) is 2.87. The van der Waals surface area contributed by atoms with E-state index in [2.05, 4.69) is 27.5 Å². The standard InChI is InChI=1S/C15H18F2N4/c1-3-4-7-18-14-9-15(20-10(2)19-14)21-13-6-5-11(16)8-12(13)17/h5-6,8-9H,3-4,7H2,1-2H3,(H2,18,19,20,21). The van der Waals surface area contributed by atoms with Crippen molar-refractivity contribution in [3.8, 4) is 0 Å². The number of nitrogens with one attached hydrogen (secondary N) is 2. The van der Waals surface area contributed by atoms with Crippen LogP contribution in [0.3, 0.4) is 0 Å². The zero-order valence-electron chi connectivity index (χ0n) is 12.1. The number of rotatable bonds is 6. The van der Waals surface area contributed by atoms with Gasteiger partial charge in [0.1, 0.15) is 29.1 Å². The molecule has 1 aromatic carbocycles. The molecule has 0 spiro atoms. The lowest BCUT2D eigenvalue weighted by atomic mass is 10.3. The van der Waals surface area contributed by atoms with Crippen LogP contribution >= 0.6 is 0 Å². The van der Waals surface area contributed by atoms with E-state index in [0.717, 1.165) is 25.5 Å². The monoisotopic (exact) mass is 292 g/mol. The molecule has 0 fully saturated rings. The zero-order valence-corrected chi connectivity index (χ0v) is 12.1. The Bertz CT molecular complexity index is 617. The summed E-state index contributed by atoms with van der Waals surface area (Å²) in [7, 11) is 0. The molecule has 2 N–H and O–H groups in total. The number of anilines is 3. The first-order chi connectivity index (χ1) is 10.1. The molecule has 2 rings (SSSR count). The predicted molar refractivity (Wildman–Crippen MR) is 79.8 cm³/mol. The minimum atomic E-state index is -0.660. The average Bonchev–Trinajstić information content (AvgIpc) is 2.42. The second-order valence-electron chi connectivity index (χ2n) is 4.72. The number of aromatic nitrogens is 2. The molecule has 1 aromatic heterocycles. The number of unbranched alkanes of at least 4 members (excludes halogenated alkanes) is 1. The summed E-state index contributed by atoms with van der Waals surface area (Å²) in [5.74, 6) is 0.445. The van der Waals surface area contributed by atoms with E-state index in [1.807, 2.05) is 0 Å². The van der Waals surface area contributed by atoms with Crippen molar-refractivity contribution in [2.45, 2.75) is 26.7 Å². The smallest absolute Gasteiger partial charge is 0.149 e. The molecule has 0 aliphatic rings. The van der Waals surface area contributed by atoms with Crippen LogP contribution in [0, 0.1) is 18.6 Å². The van der Waals surface area contributed by atoms with Gasteiger partial charge in [-0.1, -0.05) is 13.3 Å². The normalized spacial score (nSPS) is 10.5. The molecule has 2 aromatic rings. The lowest BCUT2D eigenvalue weighted by Gasteiger charge is -2.10. The minimum Gasteiger partial charge on any atom is -0.370 e. The van der Waals surface area contributed by atoms with Gasteiger partial charge in [-0.3, -0.25) is 0 Å². The van der Waals surface area contributed by atoms with Crippen molar-refractivity contribution in [2.24, 2.45) is 0 Å². The number of nitrogens with zero attached hydrogens (tertiary/aromatic N) is 2. The second kappa shape index (κ2) is 6.97. The molecule has 0 aliphatic carbocycles. The summed E-state index contributed by atoms with van der Waals surface area (Å²) in [4.78, 5) is 8.47. The molecule has 0 amide bonds. The van der Waals surface area contributed by atoms with Crippen molar-refractivity contribution < 1.29 is 8.78 Å². The Kier molecular flexibility index (Phi) is 5.03. The highest BCUT2D eigenvalue weighted by Gasteiger charge is 2.07. The van der Waals surface area contributed by atoms with Gasteiger partial charge >= 0.3 is 0 Å². The SMILES string of the molecule is CCCCNc1cc(Nc2ccc(F)cc2F)nc(C)n1. The lowest BCUT2D eigenvalue weighted by Crippen LogP contribution is -2.06. The maximum Gasteiger partial charge on any atom is 0.149 e. The fourth-order valence-corrected chi connectivity index (χ4v) is 1.84. The minimum absolute atomic E-state index is 0.175. The molecule has 112 valence electrons. The van der Waals surface area contributed by atoms with Crippen LogP contribution in [0.25, 0.3) is 0 Å². The number of hydrogen-bond acceptors (Lipinski definition) is 4. The largest absolute Gasteiger partial charge is 0.370 e. The van der Waals surface area contributed by atoms with E-state index in [9.17, 15) is 8.78 Å². The van der Waals surface area contributed by atoms with E-state index >= 15 is 0 Å². The van der Waals surface area contributed by atoms with Crippen LogP contribution in [0.1, 0.15) is 25.6 Å². The van der Waals surface area contributed by atoms with Crippen LogP contribution in [0.2, 0.25) is 0 Å². The van der Waals surface area contributed by atoms with Crippen LogP contribution in [-0.4, -0.2) is 16.5 Å². The number of benzene rings is 1. The quantitative estimate of drug-likeness (QED) is 0.790. The van der Waals surface area contributed by atoms with E-state index in [-0.39, 0.29) is 5.69 Å². The van der Waals surface area contributed by atoms with Gasteiger partial charge in [-0.25, -0.2) is 18.7 Å². The molecule has 6 heteroatoms. The van der Waals surface area contributed by atoms with E-state index < -0.39 is 11.6 Å². The molecule has 0 atom stereocenters. The number of aryl methyl sites for hydroxylation is 1. The van der Waals surface area contributed by atoms with Crippen molar-refractivity contribution in [3.05, 3.63) is 41.7 Å². The van der Waals surface area contributed by atoms with Crippen molar-refractivity contribution >= 4 is 17.3 Å². The van der Waals surface area contributed by atoms with Gasteiger partial charge in [0, 0.05) is 18.7 Å². The van der Waals surface area contributed by atoms with Crippen LogP contribution in [0.15, 0.2) is 24.3 Å². The Morgan fingerprint density at radius 1 is 1.10 bits per heavy atom. The van der Waals surface area contributed by atoms with E-state index in [1.165, 1.54) is 12.1 Å². The fourth-order valence-electron chi connectivity index (χ4n) is 1.84. The summed E-state index contributed by atoms with van der Waals surface area (Å²) in [5, 5.41) is 6.03. The summed E-state index contributed by atoms with van der Waals surface area (Å²) >= 11 is 0. The highest BCUT2D eigenvalue weighted by molar-refractivity contribution is 5.59. The third-order valence-electron chi connectivity index (χ3n) is 2.87. The van der Waals surface area contributed by atoms with Crippen molar-refractivity contribution in [1.82, 2.24) is 9.97 Å². The molecular weight excluding hydrogens is 274 g/mol. The van der Waals surface area contributed by atoms with Gasteiger partial charge in [-0.15, -0.1) is 0 Å². The Morgan fingerprint density at radius 2 is 1.86 bits per heavy atom. The first-order valence-corrected chi connectivity index (χ1v) is 6.90. The van der Waals surface area contributed by atoms with Crippen LogP contribution in [0.5, 0.6) is 0 Å². The molecular formula is C15H18F2N4. The highest BCUT2D eigenvalue weighted by atomic mass is 19.1. The summed E-state index contributed by atoms with van der Waals surface area (Å²) in [6, 6.07) is 5.06. The van der Waals surface area contributed by atoms with E-state index in [0.29, 0.717) is 17.5 Å². The number of hydrogen-bond donors (Lipinski definition) is 2. The van der Waals surface area contributed by atoms with Crippen LogP contribution in [0.4, 0.5) is 26.1 Å². The first-order valence-electron chi connectivity index (χ1n) is 6.90. The molecule has 0 aliphatic heterocycles. The summed E-state index contributed by atoms with van der Waals surface area (Å²) in [6.07, 6.45) is 2.13. The van der Waals surface area contributed by atoms with Gasteiger partial charge in [0.05, 0.1) is 5.69 Å². The van der Waals surface area contributed by atoms with Gasteiger partial charge in [0.25, 0.3) is 0 Å². The fraction of sp³-hybridized carbons (Fsp3) is 0.333. The maximum atomic E-state index is 13.6. The average molecular weight is 292 g/mol. The van der Waals surface area contributed by atoms with Gasteiger partial charge in [-0.05, 0) is 25.5 Å². The Labute approximate surface area is 122 Å². The highest BCUT2D eigenvalue weighted by Crippen LogP contribution is 2.21. The summed E-state index contributed by atoms with van der Waals surface area (Å²) < 4.78 is 26.5. The van der Waals surface area contributed by atoms with Crippen molar-refractivity contribution in [3.63, 3.8) is 0 Å². The Hall–Kier alpha value is -2.24. The van der Waals surface area contributed by atoms with Gasteiger partial charge < -0.3 is 10.6 Å². The molecule has 0 saturated heterocycles. The second-order valence-corrected chi connectivity index (χ2v) is 4.72. The first kappa shape index (κ1) is 15.2. The maximum absolute atomic E-state index is 13.6. The van der Waals surface area contributed by atoms with Gasteiger partial charge in [0.2, 0.25) is 0 Å². The molecule has 0 radical (unpaired) electrons. The molecule has 0 bridgehead atoms. The van der Waals surface area contributed by atoms with Crippen molar-refractivity contribution in [1.29, 1.82) is 0 Å². The topological polar surface area (TPSA) is 49.8 Å². The van der Waals surface area contributed by atoms with Gasteiger partial charge in [0.15, 0.2) is 0 Å². The molecule has 1 heterocycles.